The summed E-state index contributed by atoms with van der Waals surface area (Å²) in [6.07, 6.45) is 0. The number of amides is 1. The molecule has 0 aromatic carbocycles. The normalized spacial score (nSPS) is 11.9. The second-order valence-corrected chi connectivity index (χ2v) is 5.66. The van der Waals surface area contributed by atoms with E-state index in [0.717, 1.165) is 2.88 Å². The van der Waals surface area contributed by atoms with Gasteiger partial charge in [-0.05, 0) is 35.6 Å². The van der Waals surface area contributed by atoms with E-state index in [0.29, 0.717) is 5.56 Å². The molecule has 0 bridgehead atoms. The Morgan fingerprint density at radius 2 is 2.27 bits per heavy atom. The Kier molecular flexibility index (Phi) is 4.52. The van der Waals surface area contributed by atoms with E-state index in [4.69, 9.17) is 0 Å². The minimum absolute atomic E-state index is 0.257. The lowest BCUT2D eigenvalue weighted by Crippen LogP contribution is -2.38. The minimum Gasteiger partial charge on any atom is -0.467 e. The first-order valence-electron chi connectivity index (χ1n) is 4.17. The lowest BCUT2D eigenvalue weighted by Gasteiger charge is -2.10. The average Bonchev–Trinajstić information content (AvgIpc) is 2.63. The van der Waals surface area contributed by atoms with Crippen LogP contribution in [0.3, 0.4) is 0 Å². The molecule has 1 aromatic heterocycles. The zero-order valence-corrected chi connectivity index (χ0v) is 11.2. The first-order valence-corrected chi connectivity index (χ1v) is 6.13. The number of halogens is 1. The summed E-state index contributed by atoms with van der Waals surface area (Å²) < 4.78 is 5.53. The highest BCUT2D eigenvalue weighted by Gasteiger charge is 2.17. The molecule has 6 heteroatoms. The molecule has 0 aliphatic heterocycles. The van der Waals surface area contributed by atoms with Crippen LogP contribution in [-0.2, 0) is 9.53 Å². The van der Waals surface area contributed by atoms with Gasteiger partial charge in [0.15, 0.2) is 0 Å². The van der Waals surface area contributed by atoms with E-state index in [1.54, 1.807) is 18.4 Å². The lowest BCUT2D eigenvalue weighted by atomic mass is 10.3. The molecule has 0 spiro atoms. The van der Waals surface area contributed by atoms with Crippen molar-refractivity contribution in [2.24, 2.45) is 0 Å². The van der Waals surface area contributed by atoms with E-state index in [-0.39, 0.29) is 5.91 Å². The lowest BCUT2D eigenvalue weighted by molar-refractivity contribution is -0.142. The van der Waals surface area contributed by atoms with Crippen molar-refractivity contribution >= 4 is 45.8 Å². The van der Waals surface area contributed by atoms with E-state index in [2.05, 4.69) is 32.6 Å². The van der Waals surface area contributed by atoms with Gasteiger partial charge in [-0.3, -0.25) is 4.79 Å². The molecule has 15 heavy (non-hydrogen) atoms. The Balaban J connectivity index is 2.60. The van der Waals surface area contributed by atoms with Crippen LogP contribution in [0.5, 0.6) is 0 Å². The van der Waals surface area contributed by atoms with Crippen LogP contribution in [0.4, 0.5) is 0 Å². The number of ether oxygens (including phenoxy) is 1. The maximum Gasteiger partial charge on any atom is 0.328 e. The standard InChI is InChI=1S/C9H10INO3S/c1-5(9(13)14-2)11-8(12)6-3-7(10)15-4-6/h3-5H,1-2H3,(H,11,12). The molecule has 1 heterocycles. The number of rotatable bonds is 3. The first-order chi connectivity index (χ1) is 7.04. The summed E-state index contributed by atoms with van der Waals surface area (Å²) in [6, 6.07) is 1.14. The molecule has 4 nitrogen and oxygen atoms in total. The Morgan fingerprint density at radius 1 is 1.60 bits per heavy atom. The predicted octanol–water partition coefficient (Wildman–Crippen LogP) is 1.64. The summed E-state index contributed by atoms with van der Waals surface area (Å²) in [5.41, 5.74) is 0.570. The molecular weight excluding hydrogens is 329 g/mol. The zero-order chi connectivity index (χ0) is 11.4. The number of hydrogen-bond donors (Lipinski definition) is 1. The number of carbonyl (C=O) groups excluding carboxylic acids is 2. The summed E-state index contributed by atoms with van der Waals surface area (Å²) in [5.74, 6) is -0.708. The predicted molar refractivity (Wildman–Crippen MR) is 66.0 cm³/mol. The summed E-state index contributed by atoms with van der Waals surface area (Å²) in [6.45, 7) is 1.58. The Hall–Kier alpha value is -0.630. The zero-order valence-electron chi connectivity index (χ0n) is 8.24. The van der Waals surface area contributed by atoms with Gasteiger partial charge in [0.1, 0.15) is 6.04 Å². The molecule has 0 radical (unpaired) electrons. The fraction of sp³-hybridized carbons (Fsp3) is 0.333. The molecule has 0 aliphatic rings. The van der Waals surface area contributed by atoms with E-state index >= 15 is 0 Å². The van der Waals surface area contributed by atoms with Crippen LogP contribution in [0.2, 0.25) is 0 Å². The van der Waals surface area contributed by atoms with Gasteiger partial charge in [-0.2, -0.15) is 0 Å². The molecular formula is C9H10INO3S. The second kappa shape index (κ2) is 5.45. The van der Waals surface area contributed by atoms with Gasteiger partial charge in [0, 0.05) is 5.38 Å². The summed E-state index contributed by atoms with van der Waals surface area (Å²) in [5, 5.41) is 4.30. The molecule has 82 valence electrons. The van der Waals surface area contributed by atoms with Gasteiger partial charge in [-0.1, -0.05) is 0 Å². The van der Waals surface area contributed by atoms with Gasteiger partial charge in [0.25, 0.3) is 5.91 Å². The smallest absolute Gasteiger partial charge is 0.328 e. The van der Waals surface area contributed by atoms with E-state index < -0.39 is 12.0 Å². The molecule has 1 atom stereocenters. The molecule has 1 N–H and O–H groups in total. The molecule has 0 saturated heterocycles. The van der Waals surface area contributed by atoms with Gasteiger partial charge in [-0.15, -0.1) is 11.3 Å². The summed E-state index contributed by atoms with van der Waals surface area (Å²) in [4.78, 5) is 22.6. The van der Waals surface area contributed by atoms with Crippen molar-refractivity contribution < 1.29 is 14.3 Å². The average molecular weight is 339 g/mol. The molecule has 1 aromatic rings. The maximum atomic E-state index is 11.6. The van der Waals surface area contributed by atoms with Crippen molar-refractivity contribution in [3.05, 3.63) is 19.9 Å². The van der Waals surface area contributed by atoms with Crippen LogP contribution in [-0.4, -0.2) is 25.0 Å². The number of esters is 1. The second-order valence-electron chi connectivity index (χ2n) is 2.86. The maximum absolute atomic E-state index is 11.6. The van der Waals surface area contributed by atoms with Crippen LogP contribution in [0, 0.1) is 2.88 Å². The van der Waals surface area contributed by atoms with Crippen LogP contribution in [0.25, 0.3) is 0 Å². The fourth-order valence-electron chi connectivity index (χ4n) is 0.945. The third kappa shape index (κ3) is 3.45. The van der Waals surface area contributed by atoms with Gasteiger partial charge in [0.2, 0.25) is 0 Å². The highest BCUT2D eigenvalue weighted by molar-refractivity contribution is 14.1. The quantitative estimate of drug-likeness (QED) is 0.673. The van der Waals surface area contributed by atoms with Crippen molar-refractivity contribution in [3.63, 3.8) is 0 Å². The monoisotopic (exact) mass is 339 g/mol. The fourth-order valence-corrected chi connectivity index (χ4v) is 2.27. The van der Waals surface area contributed by atoms with Gasteiger partial charge in [0.05, 0.1) is 15.6 Å². The number of methoxy groups -OCH3 is 1. The topological polar surface area (TPSA) is 55.4 Å². The van der Waals surface area contributed by atoms with E-state index in [9.17, 15) is 9.59 Å². The Labute approximate surface area is 105 Å². The van der Waals surface area contributed by atoms with Crippen LogP contribution in [0.15, 0.2) is 11.4 Å². The molecule has 1 unspecified atom stereocenters. The first kappa shape index (κ1) is 12.4. The van der Waals surface area contributed by atoms with Gasteiger partial charge in [-0.25, -0.2) is 4.79 Å². The summed E-state index contributed by atoms with van der Waals surface area (Å²) >= 11 is 3.62. The Bertz CT molecular complexity index is 377. The van der Waals surface area contributed by atoms with E-state index in [1.807, 2.05) is 0 Å². The van der Waals surface area contributed by atoms with Crippen LogP contribution < -0.4 is 5.32 Å². The third-order valence-corrected chi connectivity index (χ3v) is 3.52. The SMILES string of the molecule is COC(=O)C(C)NC(=O)c1csc(I)c1. The Morgan fingerprint density at radius 3 is 2.73 bits per heavy atom. The molecule has 1 amide bonds. The molecule has 0 aliphatic carbocycles. The van der Waals surface area contributed by atoms with E-state index in [1.165, 1.54) is 18.4 Å². The van der Waals surface area contributed by atoms with Gasteiger partial charge < -0.3 is 10.1 Å². The number of hydrogen-bond acceptors (Lipinski definition) is 4. The molecule has 0 fully saturated rings. The van der Waals surface area contributed by atoms with Crippen molar-refractivity contribution in [3.8, 4) is 0 Å². The number of carbonyl (C=O) groups is 2. The number of thiophene rings is 1. The van der Waals surface area contributed by atoms with Crippen molar-refractivity contribution in [1.82, 2.24) is 5.32 Å². The van der Waals surface area contributed by atoms with Crippen molar-refractivity contribution in [1.29, 1.82) is 0 Å². The van der Waals surface area contributed by atoms with Crippen molar-refractivity contribution in [2.45, 2.75) is 13.0 Å². The molecule has 1 rings (SSSR count). The third-order valence-electron chi connectivity index (χ3n) is 1.73. The highest BCUT2D eigenvalue weighted by atomic mass is 127. The van der Waals surface area contributed by atoms with Gasteiger partial charge >= 0.3 is 5.97 Å². The largest absolute Gasteiger partial charge is 0.467 e. The van der Waals surface area contributed by atoms with Crippen LogP contribution in [0.1, 0.15) is 17.3 Å². The van der Waals surface area contributed by atoms with Crippen LogP contribution >= 0.6 is 33.9 Å². The highest BCUT2D eigenvalue weighted by Crippen LogP contribution is 2.16. The summed E-state index contributed by atoms with van der Waals surface area (Å²) in [7, 11) is 1.29. The number of nitrogens with one attached hydrogen (secondary N) is 1. The molecule has 0 saturated carbocycles. The minimum atomic E-state index is -0.625. The van der Waals surface area contributed by atoms with Crippen molar-refractivity contribution in [2.75, 3.05) is 7.11 Å².